The molecule has 0 aliphatic carbocycles. The number of Topliss-reactive ketones (excluding diaryl/α,β-unsaturated/α-hetero) is 1. The van der Waals surface area contributed by atoms with Crippen LogP contribution in [-0.4, -0.2) is 5.78 Å². The number of ketones is 1. The third kappa shape index (κ3) is 3.01. The normalized spacial score (nSPS) is 10.4. The van der Waals surface area contributed by atoms with E-state index < -0.39 is 29.0 Å². The number of carbonyl (C=O) groups excluding carboxylic acids is 1. The van der Waals surface area contributed by atoms with Gasteiger partial charge in [0.05, 0.1) is 5.56 Å². The highest BCUT2D eigenvalue weighted by atomic mass is 79.9. The van der Waals surface area contributed by atoms with E-state index in [1.54, 1.807) is 0 Å². The Labute approximate surface area is 121 Å². The van der Waals surface area contributed by atoms with Crippen LogP contribution in [0.1, 0.15) is 17.3 Å². The lowest BCUT2D eigenvalue weighted by atomic mass is 10.1. The monoisotopic (exact) mass is 344 g/mol. The van der Waals surface area contributed by atoms with Gasteiger partial charge in [-0.15, -0.1) is 0 Å². The van der Waals surface area contributed by atoms with Gasteiger partial charge in [-0.3, -0.25) is 4.79 Å². The van der Waals surface area contributed by atoms with Crippen LogP contribution in [0.4, 0.5) is 13.2 Å². The largest absolute Gasteiger partial charge is 0.453 e. The lowest BCUT2D eigenvalue weighted by Crippen LogP contribution is -2.00. The molecular weight excluding hydrogens is 337 g/mol. The lowest BCUT2D eigenvalue weighted by molar-refractivity contribution is 0.101. The van der Waals surface area contributed by atoms with Crippen LogP contribution in [0, 0.1) is 17.5 Å². The molecule has 2 nitrogen and oxygen atoms in total. The average molecular weight is 345 g/mol. The van der Waals surface area contributed by atoms with E-state index in [2.05, 4.69) is 15.9 Å². The molecule has 0 radical (unpaired) electrons. The van der Waals surface area contributed by atoms with Crippen molar-refractivity contribution in [2.24, 2.45) is 0 Å². The van der Waals surface area contributed by atoms with Gasteiger partial charge in [0.25, 0.3) is 0 Å². The molecule has 0 unspecified atom stereocenters. The van der Waals surface area contributed by atoms with E-state index in [1.165, 1.54) is 19.1 Å². The molecule has 0 spiro atoms. The number of ether oxygens (including phenoxy) is 1. The number of hydrogen-bond acceptors (Lipinski definition) is 2. The molecule has 0 aromatic heterocycles. The molecule has 0 heterocycles. The summed E-state index contributed by atoms with van der Waals surface area (Å²) in [5, 5.41) is 0. The first kappa shape index (κ1) is 14.6. The van der Waals surface area contributed by atoms with Crippen molar-refractivity contribution in [1.29, 1.82) is 0 Å². The topological polar surface area (TPSA) is 26.3 Å². The molecule has 104 valence electrons. The first-order valence-corrected chi connectivity index (χ1v) is 6.30. The zero-order chi connectivity index (χ0) is 14.9. The molecule has 0 bridgehead atoms. The average Bonchev–Trinajstić information content (AvgIpc) is 2.37. The zero-order valence-corrected chi connectivity index (χ0v) is 11.8. The second kappa shape index (κ2) is 5.66. The Kier molecular flexibility index (Phi) is 4.13. The Bertz CT molecular complexity index is 686. The van der Waals surface area contributed by atoms with Crippen LogP contribution < -0.4 is 4.74 Å². The lowest BCUT2D eigenvalue weighted by Gasteiger charge is -2.11. The fraction of sp³-hybridized carbons (Fsp3) is 0.0714. The number of halogens is 4. The summed E-state index contributed by atoms with van der Waals surface area (Å²) in [4.78, 5) is 11.4. The smallest absolute Gasteiger partial charge is 0.201 e. The highest BCUT2D eigenvalue weighted by molar-refractivity contribution is 9.10. The van der Waals surface area contributed by atoms with E-state index in [-0.39, 0.29) is 15.8 Å². The summed E-state index contributed by atoms with van der Waals surface area (Å²) in [5.74, 6) is -3.80. The van der Waals surface area contributed by atoms with Gasteiger partial charge in [0, 0.05) is 4.47 Å². The number of hydrogen-bond donors (Lipinski definition) is 0. The molecule has 0 aliphatic heterocycles. The molecule has 0 atom stereocenters. The molecule has 0 saturated carbocycles. The number of benzene rings is 2. The Hall–Kier alpha value is -1.82. The van der Waals surface area contributed by atoms with Crippen LogP contribution >= 0.6 is 15.9 Å². The maximum absolute atomic E-state index is 13.6. The van der Waals surface area contributed by atoms with Crippen molar-refractivity contribution >= 4 is 21.7 Å². The van der Waals surface area contributed by atoms with Crippen molar-refractivity contribution in [2.45, 2.75) is 6.92 Å². The highest BCUT2D eigenvalue weighted by Crippen LogP contribution is 2.31. The minimum Gasteiger partial charge on any atom is -0.453 e. The van der Waals surface area contributed by atoms with E-state index in [1.807, 2.05) is 0 Å². The third-order valence-corrected chi connectivity index (χ3v) is 2.96. The Morgan fingerprint density at radius 3 is 2.45 bits per heavy atom. The SMILES string of the molecule is CC(=O)c1cc(F)ccc1Oc1cc(Br)cc(F)c1F. The molecule has 20 heavy (non-hydrogen) atoms. The molecular formula is C14H8BrF3O2. The molecule has 0 aliphatic rings. The first-order valence-electron chi connectivity index (χ1n) is 5.51. The fourth-order valence-corrected chi connectivity index (χ4v) is 2.00. The molecule has 0 fully saturated rings. The van der Waals surface area contributed by atoms with Gasteiger partial charge in [-0.25, -0.2) is 8.78 Å². The second-order valence-electron chi connectivity index (χ2n) is 4.00. The van der Waals surface area contributed by atoms with Crippen LogP contribution in [0.25, 0.3) is 0 Å². The van der Waals surface area contributed by atoms with Gasteiger partial charge in [-0.1, -0.05) is 15.9 Å². The number of rotatable bonds is 3. The molecule has 0 N–H and O–H groups in total. The predicted octanol–water partition coefficient (Wildman–Crippen LogP) is 4.86. The van der Waals surface area contributed by atoms with Crippen molar-refractivity contribution < 1.29 is 22.7 Å². The van der Waals surface area contributed by atoms with Gasteiger partial charge in [-0.2, -0.15) is 4.39 Å². The van der Waals surface area contributed by atoms with Gasteiger partial charge >= 0.3 is 0 Å². The van der Waals surface area contributed by atoms with Crippen molar-refractivity contribution in [3.63, 3.8) is 0 Å². The maximum Gasteiger partial charge on any atom is 0.201 e. The summed E-state index contributed by atoms with van der Waals surface area (Å²) in [6.07, 6.45) is 0. The summed E-state index contributed by atoms with van der Waals surface area (Å²) >= 11 is 3.01. The van der Waals surface area contributed by atoms with E-state index in [0.717, 1.165) is 18.2 Å². The molecule has 2 rings (SSSR count). The second-order valence-corrected chi connectivity index (χ2v) is 4.91. The third-order valence-electron chi connectivity index (χ3n) is 2.50. The Balaban J connectivity index is 2.48. The van der Waals surface area contributed by atoms with Crippen molar-refractivity contribution in [1.82, 2.24) is 0 Å². The van der Waals surface area contributed by atoms with Gasteiger partial charge in [0.2, 0.25) is 5.82 Å². The molecule has 0 saturated heterocycles. The van der Waals surface area contributed by atoms with Crippen LogP contribution in [0.5, 0.6) is 11.5 Å². The standard InChI is InChI=1S/C14H8BrF3O2/c1-7(19)10-6-9(16)2-3-12(10)20-13-5-8(15)4-11(17)14(13)18/h2-6H,1H3. The molecule has 6 heteroatoms. The highest BCUT2D eigenvalue weighted by Gasteiger charge is 2.16. The summed E-state index contributed by atoms with van der Waals surface area (Å²) in [5.41, 5.74) is -0.0511. The summed E-state index contributed by atoms with van der Waals surface area (Å²) < 4.78 is 45.4. The van der Waals surface area contributed by atoms with Gasteiger partial charge in [-0.05, 0) is 37.3 Å². The van der Waals surface area contributed by atoms with Crippen molar-refractivity contribution in [2.75, 3.05) is 0 Å². The van der Waals surface area contributed by atoms with E-state index in [4.69, 9.17) is 4.74 Å². The van der Waals surface area contributed by atoms with E-state index >= 15 is 0 Å². The molecule has 0 amide bonds. The summed E-state index contributed by atoms with van der Waals surface area (Å²) in [6, 6.07) is 5.38. The van der Waals surface area contributed by atoms with Crippen molar-refractivity contribution in [3.8, 4) is 11.5 Å². The minimum atomic E-state index is -1.19. The van der Waals surface area contributed by atoms with E-state index in [9.17, 15) is 18.0 Å². The first-order chi connectivity index (χ1) is 9.38. The quantitative estimate of drug-likeness (QED) is 0.587. The fourth-order valence-electron chi connectivity index (χ4n) is 1.59. The van der Waals surface area contributed by atoms with Crippen LogP contribution in [0.2, 0.25) is 0 Å². The Morgan fingerprint density at radius 1 is 1.10 bits per heavy atom. The maximum atomic E-state index is 13.6. The van der Waals surface area contributed by atoms with Crippen LogP contribution in [-0.2, 0) is 0 Å². The number of carbonyl (C=O) groups is 1. The summed E-state index contributed by atoms with van der Waals surface area (Å²) in [6.45, 7) is 1.22. The van der Waals surface area contributed by atoms with Crippen LogP contribution in [0.3, 0.4) is 0 Å². The Morgan fingerprint density at radius 2 is 1.80 bits per heavy atom. The molecule has 2 aromatic carbocycles. The molecule has 2 aromatic rings. The van der Waals surface area contributed by atoms with Crippen molar-refractivity contribution in [3.05, 3.63) is 57.8 Å². The van der Waals surface area contributed by atoms with E-state index in [0.29, 0.717) is 0 Å². The van der Waals surface area contributed by atoms with Gasteiger partial charge in [0.1, 0.15) is 11.6 Å². The zero-order valence-electron chi connectivity index (χ0n) is 10.2. The summed E-state index contributed by atoms with van der Waals surface area (Å²) in [7, 11) is 0. The predicted molar refractivity (Wildman–Crippen MR) is 70.5 cm³/mol. The van der Waals surface area contributed by atoms with Gasteiger partial charge in [0.15, 0.2) is 17.3 Å². The van der Waals surface area contributed by atoms with Crippen LogP contribution in [0.15, 0.2) is 34.8 Å². The minimum absolute atomic E-state index is 0.0460. The van der Waals surface area contributed by atoms with Gasteiger partial charge < -0.3 is 4.74 Å².